The molecule has 0 fully saturated rings. The maximum atomic E-state index is 10.9. The first-order chi connectivity index (χ1) is 17.3. The molecule has 0 spiro atoms. The van der Waals surface area contributed by atoms with Crippen molar-refractivity contribution in [1.82, 2.24) is 9.13 Å². The van der Waals surface area contributed by atoms with Gasteiger partial charge in [-0.25, -0.2) is 0 Å². The summed E-state index contributed by atoms with van der Waals surface area (Å²) in [5.74, 6) is 0. The van der Waals surface area contributed by atoms with E-state index in [-0.39, 0.29) is 10.6 Å². The molecule has 2 heterocycles. The second kappa shape index (κ2) is 12.9. The second-order valence-electron chi connectivity index (χ2n) is 8.56. The van der Waals surface area contributed by atoms with Crippen LogP contribution in [0.25, 0.3) is 27.9 Å². The fourth-order valence-electron chi connectivity index (χ4n) is 4.33. The summed E-state index contributed by atoms with van der Waals surface area (Å²) in [7, 11) is 4.00. The normalized spacial score (nSPS) is 11.3. The van der Waals surface area contributed by atoms with Crippen molar-refractivity contribution in [2.75, 3.05) is 32.2 Å². The number of nitrogens with zero attached hydrogens (tertiary/aromatic N) is 3. The van der Waals surface area contributed by atoms with E-state index in [1.165, 1.54) is 16.5 Å². The lowest BCUT2D eigenvalue weighted by atomic mass is 10.1. The third-order valence-electron chi connectivity index (χ3n) is 5.92. The third-order valence-corrected chi connectivity index (χ3v) is 5.92. The third kappa shape index (κ3) is 6.74. The lowest BCUT2D eigenvalue weighted by molar-refractivity contribution is -0.384. The molecule has 0 aliphatic carbocycles. The molecule has 0 unspecified atom stereocenters. The molecule has 4 aromatic rings. The van der Waals surface area contributed by atoms with Gasteiger partial charge >= 0.3 is 0 Å². The molecule has 2 aromatic heterocycles. The molecule has 2 N–H and O–H groups in total. The summed E-state index contributed by atoms with van der Waals surface area (Å²) in [4.78, 5) is 10.6. The van der Waals surface area contributed by atoms with Gasteiger partial charge < -0.3 is 24.3 Å². The van der Waals surface area contributed by atoms with E-state index in [1.807, 2.05) is 55.9 Å². The monoisotopic (exact) mass is 492 g/mol. The number of aromatic nitrogens is 2. The van der Waals surface area contributed by atoms with E-state index < -0.39 is 0 Å². The summed E-state index contributed by atoms with van der Waals surface area (Å²) in [5.41, 5.74) is 11.3. The van der Waals surface area contributed by atoms with E-state index in [4.69, 9.17) is 15.2 Å². The molecule has 0 atom stereocenters. The van der Waals surface area contributed by atoms with Crippen LogP contribution in [0.3, 0.4) is 0 Å². The Bertz CT molecular complexity index is 1340. The lowest BCUT2D eigenvalue weighted by Gasteiger charge is -2.08. The molecule has 0 amide bonds. The summed E-state index contributed by atoms with van der Waals surface area (Å²) >= 11 is 0. The Morgan fingerprint density at radius 3 is 2.31 bits per heavy atom. The van der Waals surface area contributed by atoms with Gasteiger partial charge in [-0.2, -0.15) is 0 Å². The van der Waals surface area contributed by atoms with Crippen LogP contribution in [0.2, 0.25) is 0 Å². The van der Waals surface area contributed by atoms with Crippen LogP contribution >= 0.6 is 0 Å². The molecule has 8 nitrogen and oxygen atoms in total. The highest BCUT2D eigenvalue weighted by Crippen LogP contribution is 2.27. The van der Waals surface area contributed by atoms with Gasteiger partial charge in [0.15, 0.2) is 0 Å². The molecule has 0 saturated heterocycles. The van der Waals surface area contributed by atoms with Crippen molar-refractivity contribution in [3.63, 3.8) is 0 Å². The summed E-state index contributed by atoms with van der Waals surface area (Å²) in [5, 5.41) is 13.0. The van der Waals surface area contributed by atoms with Crippen molar-refractivity contribution < 1.29 is 14.4 Å². The van der Waals surface area contributed by atoms with Gasteiger partial charge in [0.05, 0.1) is 22.6 Å². The van der Waals surface area contributed by atoms with Gasteiger partial charge in [0.1, 0.15) is 0 Å². The fourth-order valence-corrected chi connectivity index (χ4v) is 4.33. The minimum atomic E-state index is -0.369. The number of hydrogen-bond donors (Lipinski definition) is 1. The average Bonchev–Trinajstić information content (AvgIpc) is 3.42. The van der Waals surface area contributed by atoms with Crippen molar-refractivity contribution in [2.24, 2.45) is 14.1 Å². The number of anilines is 1. The van der Waals surface area contributed by atoms with Crippen LogP contribution in [0.5, 0.6) is 0 Å². The minimum absolute atomic E-state index is 0.106. The number of aryl methyl sites for hydroxylation is 3. The van der Waals surface area contributed by atoms with Gasteiger partial charge in [-0.15, -0.1) is 0 Å². The van der Waals surface area contributed by atoms with Crippen LogP contribution in [0.1, 0.15) is 31.4 Å². The van der Waals surface area contributed by atoms with E-state index in [2.05, 4.69) is 29.9 Å². The number of benzene rings is 2. The van der Waals surface area contributed by atoms with Crippen LogP contribution in [0.4, 0.5) is 11.4 Å². The standard InChI is InChI=1S/C14H16N2O3.C14H20N2O/c1-3-19-8-4-5-11-9-13(16(17)18)10-12-6-7-15(2)14(11)12;1-3-17-8-4-5-11-9-13(15)10-12-6-7-16(2)14(11)12/h4-7,9-10H,3,8H2,1-2H3;6-7,9-10H,3-5,8,15H2,1-2H3/b5-4+;. The SMILES string of the molecule is CCOC/C=C/c1cc([N+](=O)[O-])cc2ccn(C)c12.CCOCCCc1cc(N)cc2ccn(C)c12. The largest absolute Gasteiger partial charge is 0.399 e. The number of nitrogens with two attached hydrogens (primary N) is 1. The molecule has 0 aliphatic heterocycles. The van der Waals surface area contributed by atoms with Crippen LogP contribution in [-0.4, -0.2) is 40.5 Å². The van der Waals surface area contributed by atoms with Crippen LogP contribution in [-0.2, 0) is 30.0 Å². The Kier molecular flexibility index (Phi) is 9.67. The van der Waals surface area contributed by atoms with Crippen molar-refractivity contribution in [1.29, 1.82) is 0 Å². The topological polar surface area (TPSA) is 97.5 Å². The number of nitro benzene ring substituents is 1. The lowest BCUT2D eigenvalue weighted by Crippen LogP contribution is -1.99. The van der Waals surface area contributed by atoms with Gasteiger partial charge in [-0.1, -0.05) is 12.2 Å². The Morgan fingerprint density at radius 2 is 1.64 bits per heavy atom. The van der Waals surface area contributed by atoms with Crippen LogP contribution in [0, 0.1) is 10.1 Å². The van der Waals surface area contributed by atoms with Gasteiger partial charge in [0, 0.05) is 80.5 Å². The van der Waals surface area contributed by atoms with Gasteiger partial charge in [-0.3, -0.25) is 10.1 Å². The highest BCUT2D eigenvalue weighted by Gasteiger charge is 2.12. The Morgan fingerprint density at radius 1 is 0.972 bits per heavy atom. The second-order valence-corrected chi connectivity index (χ2v) is 8.56. The van der Waals surface area contributed by atoms with Crippen LogP contribution in [0.15, 0.2) is 54.9 Å². The zero-order valence-corrected chi connectivity index (χ0v) is 21.6. The van der Waals surface area contributed by atoms with Crippen molar-refractivity contribution >= 4 is 39.3 Å². The number of nitrogen functional groups attached to an aromatic ring is 1. The maximum absolute atomic E-state index is 10.9. The van der Waals surface area contributed by atoms with Gasteiger partial charge in [0.25, 0.3) is 5.69 Å². The van der Waals surface area contributed by atoms with Gasteiger partial charge in [0.2, 0.25) is 0 Å². The predicted molar refractivity (Wildman–Crippen MR) is 147 cm³/mol. The highest BCUT2D eigenvalue weighted by molar-refractivity contribution is 5.90. The fraction of sp³-hybridized carbons (Fsp3) is 0.357. The zero-order chi connectivity index (χ0) is 26.1. The number of nitro groups is 1. The van der Waals surface area contributed by atoms with Gasteiger partial charge in [-0.05, 0) is 56.5 Å². The first kappa shape index (κ1) is 27.0. The number of ether oxygens (including phenoxy) is 2. The van der Waals surface area contributed by atoms with Crippen molar-refractivity contribution in [3.05, 3.63) is 76.1 Å². The number of non-ortho nitro benzene ring substituents is 1. The van der Waals surface area contributed by atoms with E-state index in [9.17, 15) is 10.1 Å². The Labute approximate surface area is 212 Å². The molecule has 0 aliphatic rings. The van der Waals surface area contributed by atoms with E-state index in [1.54, 1.807) is 12.1 Å². The zero-order valence-electron chi connectivity index (χ0n) is 21.6. The smallest absolute Gasteiger partial charge is 0.270 e. The first-order valence-electron chi connectivity index (χ1n) is 12.2. The molecule has 0 radical (unpaired) electrons. The molecule has 0 bridgehead atoms. The number of rotatable bonds is 10. The summed E-state index contributed by atoms with van der Waals surface area (Å²) in [6.07, 6.45) is 9.77. The maximum Gasteiger partial charge on any atom is 0.270 e. The molecule has 2 aromatic carbocycles. The Balaban J connectivity index is 0.000000202. The van der Waals surface area contributed by atoms with E-state index >= 15 is 0 Å². The quantitative estimate of drug-likeness (QED) is 0.129. The molecule has 192 valence electrons. The molecular weight excluding hydrogens is 456 g/mol. The number of fused-ring (bicyclic) bond motifs is 2. The predicted octanol–water partition coefficient (Wildman–Crippen LogP) is 5.87. The molecule has 0 saturated carbocycles. The molecule has 8 heteroatoms. The highest BCUT2D eigenvalue weighted by atomic mass is 16.6. The average molecular weight is 493 g/mol. The van der Waals surface area contributed by atoms with E-state index in [0.717, 1.165) is 48.2 Å². The summed E-state index contributed by atoms with van der Waals surface area (Å²) in [6, 6.07) is 11.3. The molecular formula is C28H36N4O4. The molecule has 36 heavy (non-hydrogen) atoms. The Hall–Kier alpha value is -3.62. The first-order valence-corrected chi connectivity index (χ1v) is 12.2. The van der Waals surface area contributed by atoms with Crippen molar-refractivity contribution in [3.8, 4) is 0 Å². The van der Waals surface area contributed by atoms with E-state index in [0.29, 0.717) is 13.2 Å². The number of hydrogen-bond acceptors (Lipinski definition) is 5. The molecule has 4 rings (SSSR count). The summed E-state index contributed by atoms with van der Waals surface area (Å²) in [6.45, 7) is 6.71. The summed E-state index contributed by atoms with van der Waals surface area (Å²) < 4.78 is 14.7. The minimum Gasteiger partial charge on any atom is -0.399 e. The van der Waals surface area contributed by atoms with Crippen molar-refractivity contribution in [2.45, 2.75) is 26.7 Å². The van der Waals surface area contributed by atoms with Crippen LogP contribution < -0.4 is 5.73 Å².